The van der Waals surface area contributed by atoms with E-state index in [9.17, 15) is 9.59 Å². The van der Waals surface area contributed by atoms with Crippen molar-refractivity contribution < 1.29 is 14.3 Å². The molecule has 5 nitrogen and oxygen atoms in total. The van der Waals surface area contributed by atoms with Crippen LogP contribution in [0.4, 0.5) is 5.69 Å². The molecule has 3 rings (SSSR count). The van der Waals surface area contributed by atoms with Crippen LogP contribution in [0.3, 0.4) is 0 Å². The number of anilines is 1. The zero-order valence-corrected chi connectivity index (χ0v) is 15.4. The maximum Gasteiger partial charge on any atom is 0.249 e. The molecular formula is C21H24N2O3. The lowest BCUT2D eigenvalue weighted by atomic mass is 10.1. The minimum absolute atomic E-state index is 0.0434. The van der Waals surface area contributed by atoms with Gasteiger partial charge in [-0.25, -0.2) is 0 Å². The number of carbonyl (C=O) groups excluding carboxylic acids is 2. The second kappa shape index (κ2) is 7.60. The van der Waals surface area contributed by atoms with Gasteiger partial charge < -0.3 is 15.0 Å². The van der Waals surface area contributed by atoms with Gasteiger partial charge >= 0.3 is 0 Å². The smallest absolute Gasteiger partial charge is 0.249 e. The zero-order chi connectivity index (χ0) is 18.7. The third-order valence-electron chi connectivity index (χ3n) is 4.58. The topological polar surface area (TPSA) is 58.6 Å². The van der Waals surface area contributed by atoms with E-state index in [4.69, 9.17) is 4.74 Å². The number of hydrogen-bond donors (Lipinski definition) is 1. The summed E-state index contributed by atoms with van der Waals surface area (Å²) < 4.78 is 5.12. The molecule has 2 amide bonds. The van der Waals surface area contributed by atoms with E-state index in [1.54, 1.807) is 12.0 Å². The van der Waals surface area contributed by atoms with Crippen molar-refractivity contribution in [2.24, 2.45) is 0 Å². The number of benzene rings is 2. The van der Waals surface area contributed by atoms with Crippen LogP contribution in [0.15, 0.2) is 42.5 Å². The number of ether oxygens (including phenoxy) is 1. The Hall–Kier alpha value is -2.82. The first-order valence-corrected chi connectivity index (χ1v) is 8.78. The van der Waals surface area contributed by atoms with E-state index in [-0.39, 0.29) is 18.2 Å². The number of carbonyl (C=O) groups is 2. The molecule has 5 heteroatoms. The molecule has 1 aliphatic rings. The maximum absolute atomic E-state index is 12.7. The number of amides is 2. The van der Waals surface area contributed by atoms with Crippen LogP contribution >= 0.6 is 0 Å². The standard InChI is InChI=1S/C21H24N2O3/c1-14-10-15(2)12-17(11-14)23-9-8-19(21(23)25)22-20(24)13-16-4-6-18(26-3)7-5-16/h4-7,10-12,19H,8-9,13H2,1-3H3,(H,22,24)/t19-/m1/s1. The predicted molar refractivity (Wildman–Crippen MR) is 102 cm³/mol. The van der Waals surface area contributed by atoms with Crippen molar-refractivity contribution in [3.05, 3.63) is 59.2 Å². The Morgan fingerprint density at radius 1 is 1.15 bits per heavy atom. The van der Waals surface area contributed by atoms with Crippen molar-refractivity contribution in [2.75, 3.05) is 18.6 Å². The molecule has 1 aliphatic heterocycles. The summed E-state index contributed by atoms with van der Waals surface area (Å²) in [6, 6.07) is 13.0. The Bertz CT molecular complexity index is 794. The molecule has 1 fully saturated rings. The molecule has 0 bridgehead atoms. The fourth-order valence-corrected chi connectivity index (χ4v) is 3.35. The van der Waals surface area contributed by atoms with Crippen LogP contribution in [0.5, 0.6) is 5.75 Å². The molecule has 2 aromatic carbocycles. The minimum Gasteiger partial charge on any atom is -0.497 e. The molecule has 26 heavy (non-hydrogen) atoms. The predicted octanol–water partition coefficient (Wildman–Crippen LogP) is 2.78. The maximum atomic E-state index is 12.7. The molecule has 2 aromatic rings. The number of hydrogen-bond acceptors (Lipinski definition) is 3. The molecule has 1 saturated heterocycles. The second-order valence-corrected chi connectivity index (χ2v) is 6.77. The number of rotatable bonds is 5. The summed E-state index contributed by atoms with van der Waals surface area (Å²) >= 11 is 0. The largest absolute Gasteiger partial charge is 0.497 e. The third-order valence-corrected chi connectivity index (χ3v) is 4.58. The van der Waals surface area contributed by atoms with E-state index >= 15 is 0 Å². The highest BCUT2D eigenvalue weighted by Crippen LogP contribution is 2.24. The SMILES string of the molecule is COc1ccc(CC(=O)N[C@@H]2CCN(c3cc(C)cc(C)c3)C2=O)cc1. The van der Waals surface area contributed by atoms with E-state index < -0.39 is 6.04 Å². The van der Waals surface area contributed by atoms with E-state index in [1.807, 2.05) is 50.2 Å². The summed E-state index contributed by atoms with van der Waals surface area (Å²) in [6.07, 6.45) is 0.873. The average Bonchev–Trinajstić information content (AvgIpc) is 2.95. The highest BCUT2D eigenvalue weighted by atomic mass is 16.5. The van der Waals surface area contributed by atoms with Gasteiger partial charge in [-0.1, -0.05) is 18.2 Å². The van der Waals surface area contributed by atoms with Crippen molar-refractivity contribution >= 4 is 17.5 Å². The van der Waals surface area contributed by atoms with Crippen LogP contribution in [0.2, 0.25) is 0 Å². The van der Waals surface area contributed by atoms with Crippen LogP contribution in [0.1, 0.15) is 23.1 Å². The molecule has 1 N–H and O–H groups in total. The molecule has 0 aliphatic carbocycles. The van der Waals surface area contributed by atoms with Crippen LogP contribution in [0.25, 0.3) is 0 Å². The molecule has 1 heterocycles. The molecule has 0 aromatic heterocycles. The number of methoxy groups -OCH3 is 1. The Labute approximate surface area is 154 Å². The van der Waals surface area contributed by atoms with Gasteiger partial charge in [0.15, 0.2) is 0 Å². The summed E-state index contributed by atoms with van der Waals surface area (Å²) in [7, 11) is 1.61. The van der Waals surface area contributed by atoms with E-state index in [0.717, 1.165) is 28.1 Å². The first kappa shape index (κ1) is 18.0. The Balaban J connectivity index is 1.61. The van der Waals surface area contributed by atoms with Crippen molar-refractivity contribution in [2.45, 2.75) is 32.7 Å². The van der Waals surface area contributed by atoms with Gasteiger partial charge in [-0.3, -0.25) is 9.59 Å². The third kappa shape index (κ3) is 4.04. The van der Waals surface area contributed by atoms with Crippen molar-refractivity contribution in [1.82, 2.24) is 5.32 Å². The zero-order valence-electron chi connectivity index (χ0n) is 15.4. The van der Waals surface area contributed by atoms with Gasteiger partial charge in [0.25, 0.3) is 0 Å². The van der Waals surface area contributed by atoms with E-state index in [2.05, 4.69) is 11.4 Å². The molecule has 0 saturated carbocycles. The molecule has 136 valence electrons. The van der Waals surface area contributed by atoms with Crippen molar-refractivity contribution in [1.29, 1.82) is 0 Å². The first-order valence-electron chi connectivity index (χ1n) is 8.78. The number of nitrogens with zero attached hydrogens (tertiary/aromatic N) is 1. The Morgan fingerprint density at radius 2 is 1.81 bits per heavy atom. The van der Waals surface area contributed by atoms with Crippen LogP contribution in [0, 0.1) is 13.8 Å². The molecular weight excluding hydrogens is 328 g/mol. The van der Waals surface area contributed by atoms with Gasteiger partial charge in [0.1, 0.15) is 11.8 Å². The van der Waals surface area contributed by atoms with Crippen molar-refractivity contribution in [3.8, 4) is 5.75 Å². The Morgan fingerprint density at radius 3 is 2.42 bits per heavy atom. The summed E-state index contributed by atoms with van der Waals surface area (Å²) in [4.78, 5) is 26.8. The van der Waals surface area contributed by atoms with Crippen LogP contribution in [-0.2, 0) is 16.0 Å². The highest BCUT2D eigenvalue weighted by Gasteiger charge is 2.33. The number of aryl methyl sites for hydroxylation is 2. The van der Waals surface area contributed by atoms with Gasteiger partial charge in [-0.05, 0) is 61.2 Å². The average molecular weight is 352 g/mol. The normalized spacial score (nSPS) is 16.7. The lowest BCUT2D eigenvalue weighted by Crippen LogP contribution is -2.42. The van der Waals surface area contributed by atoms with Gasteiger partial charge in [0.05, 0.1) is 13.5 Å². The highest BCUT2D eigenvalue weighted by molar-refractivity contribution is 6.01. The summed E-state index contributed by atoms with van der Waals surface area (Å²) in [5.41, 5.74) is 4.04. The Kier molecular flexibility index (Phi) is 5.26. The monoisotopic (exact) mass is 352 g/mol. The van der Waals surface area contributed by atoms with Gasteiger partial charge in [0.2, 0.25) is 11.8 Å². The van der Waals surface area contributed by atoms with Gasteiger partial charge in [0, 0.05) is 12.2 Å². The quantitative estimate of drug-likeness (QED) is 0.900. The van der Waals surface area contributed by atoms with Gasteiger partial charge in [-0.15, -0.1) is 0 Å². The fraction of sp³-hybridized carbons (Fsp3) is 0.333. The minimum atomic E-state index is -0.457. The van der Waals surface area contributed by atoms with E-state index in [0.29, 0.717) is 13.0 Å². The van der Waals surface area contributed by atoms with Crippen LogP contribution in [-0.4, -0.2) is 31.5 Å². The van der Waals surface area contributed by atoms with Crippen molar-refractivity contribution in [3.63, 3.8) is 0 Å². The number of nitrogens with one attached hydrogen (secondary N) is 1. The summed E-state index contributed by atoms with van der Waals surface area (Å²) in [5.74, 6) is 0.568. The molecule has 1 atom stereocenters. The molecule has 0 unspecified atom stereocenters. The first-order chi connectivity index (χ1) is 12.5. The lowest BCUT2D eigenvalue weighted by molar-refractivity contribution is -0.126. The molecule has 0 spiro atoms. The second-order valence-electron chi connectivity index (χ2n) is 6.77. The summed E-state index contributed by atoms with van der Waals surface area (Å²) in [6.45, 7) is 4.66. The van der Waals surface area contributed by atoms with E-state index in [1.165, 1.54) is 0 Å². The van der Waals surface area contributed by atoms with Gasteiger partial charge in [-0.2, -0.15) is 0 Å². The van der Waals surface area contributed by atoms with Crippen LogP contribution < -0.4 is 15.0 Å². The fourth-order valence-electron chi connectivity index (χ4n) is 3.35. The molecule has 0 radical (unpaired) electrons. The lowest BCUT2D eigenvalue weighted by Gasteiger charge is -2.18. The summed E-state index contributed by atoms with van der Waals surface area (Å²) in [5, 5.41) is 2.87.